The van der Waals surface area contributed by atoms with Crippen LogP contribution in [0.5, 0.6) is 6.01 Å². The molecule has 0 amide bonds. The lowest BCUT2D eigenvalue weighted by atomic mass is 9.97. The number of hydrogen-bond acceptors (Lipinski definition) is 4. The highest BCUT2D eigenvalue weighted by Crippen LogP contribution is 2.16. The molecule has 1 aromatic heterocycles. The van der Waals surface area contributed by atoms with E-state index in [1.165, 1.54) is 12.8 Å². The molecule has 0 radical (unpaired) electrons. The number of piperidine rings is 1. The summed E-state index contributed by atoms with van der Waals surface area (Å²) in [7, 11) is 0. The number of rotatable bonds is 4. The average molecular weight is 256 g/mol. The van der Waals surface area contributed by atoms with Gasteiger partial charge in [-0.3, -0.25) is 0 Å². The first-order chi connectivity index (χ1) is 8.25. The minimum Gasteiger partial charge on any atom is -0.463 e. The molecule has 0 saturated carbocycles. The Hall–Kier alpha value is -0.870. The van der Waals surface area contributed by atoms with E-state index in [4.69, 9.17) is 16.3 Å². The topological polar surface area (TPSA) is 47.0 Å². The average Bonchev–Trinajstić information content (AvgIpc) is 2.35. The molecular weight excluding hydrogens is 238 g/mol. The molecule has 0 bridgehead atoms. The molecule has 1 atom stereocenters. The number of hydrogen-bond donors (Lipinski definition) is 1. The summed E-state index contributed by atoms with van der Waals surface area (Å²) in [6, 6.07) is 0.379. The van der Waals surface area contributed by atoms with Crippen LogP contribution in [-0.2, 0) is 0 Å². The summed E-state index contributed by atoms with van der Waals surface area (Å²) in [5, 5.41) is 3.86. The molecule has 1 aliphatic rings. The summed E-state index contributed by atoms with van der Waals surface area (Å²) in [5.41, 5.74) is 0.871. The third-order valence-electron chi connectivity index (χ3n) is 3.04. The molecular formula is C12H18ClN3O. The summed E-state index contributed by atoms with van der Waals surface area (Å²) in [4.78, 5) is 8.16. The number of aromatic nitrogens is 2. The fraction of sp³-hybridized carbons (Fsp3) is 0.667. The molecule has 0 unspecified atom stereocenters. The summed E-state index contributed by atoms with van der Waals surface area (Å²) < 4.78 is 5.51. The zero-order valence-corrected chi connectivity index (χ0v) is 10.8. The van der Waals surface area contributed by atoms with Crippen LogP contribution in [0.4, 0.5) is 0 Å². The highest BCUT2D eigenvalue weighted by Gasteiger charge is 2.13. The van der Waals surface area contributed by atoms with Crippen molar-refractivity contribution >= 4 is 11.6 Å². The molecule has 1 aliphatic heterocycles. The monoisotopic (exact) mass is 255 g/mol. The van der Waals surface area contributed by atoms with E-state index in [0.29, 0.717) is 23.7 Å². The molecule has 94 valence electrons. The predicted molar refractivity (Wildman–Crippen MR) is 67.5 cm³/mol. The van der Waals surface area contributed by atoms with Crippen molar-refractivity contribution in [2.24, 2.45) is 5.92 Å². The van der Waals surface area contributed by atoms with E-state index < -0.39 is 0 Å². The maximum atomic E-state index is 5.90. The summed E-state index contributed by atoms with van der Waals surface area (Å²) in [6.45, 7) is 4.78. The van der Waals surface area contributed by atoms with Gasteiger partial charge in [0.05, 0.1) is 6.61 Å². The van der Waals surface area contributed by atoms with E-state index in [-0.39, 0.29) is 0 Å². The van der Waals surface area contributed by atoms with Gasteiger partial charge >= 0.3 is 6.01 Å². The predicted octanol–water partition coefficient (Wildman–Crippen LogP) is 2.21. The molecule has 1 fully saturated rings. The van der Waals surface area contributed by atoms with Gasteiger partial charge in [-0.05, 0) is 45.2 Å². The number of nitrogens with zero attached hydrogens (tertiary/aromatic N) is 2. The van der Waals surface area contributed by atoms with Crippen LogP contribution >= 0.6 is 11.6 Å². The highest BCUT2D eigenvalue weighted by molar-refractivity contribution is 6.30. The van der Waals surface area contributed by atoms with E-state index in [2.05, 4.69) is 15.3 Å². The van der Waals surface area contributed by atoms with Gasteiger partial charge in [0.2, 0.25) is 0 Å². The lowest BCUT2D eigenvalue weighted by Crippen LogP contribution is -2.30. The van der Waals surface area contributed by atoms with Crippen LogP contribution in [0.2, 0.25) is 5.15 Å². The second-order valence-electron chi connectivity index (χ2n) is 4.48. The molecule has 5 heteroatoms. The molecule has 0 spiro atoms. The largest absolute Gasteiger partial charge is 0.463 e. The second-order valence-corrected chi connectivity index (χ2v) is 4.83. The minimum atomic E-state index is 0.379. The smallest absolute Gasteiger partial charge is 0.317 e. The Morgan fingerprint density at radius 2 is 2.47 bits per heavy atom. The molecule has 17 heavy (non-hydrogen) atoms. The van der Waals surface area contributed by atoms with Crippen molar-refractivity contribution in [3.05, 3.63) is 16.9 Å². The Kier molecular flexibility index (Phi) is 4.57. The molecule has 2 rings (SSSR count). The Bertz CT molecular complexity index is 367. The van der Waals surface area contributed by atoms with Gasteiger partial charge in [0.25, 0.3) is 0 Å². The van der Waals surface area contributed by atoms with E-state index in [1.807, 2.05) is 6.92 Å². The van der Waals surface area contributed by atoms with Crippen LogP contribution in [0.1, 0.15) is 24.8 Å². The lowest BCUT2D eigenvalue weighted by Gasteiger charge is -2.22. The first-order valence-electron chi connectivity index (χ1n) is 6.08. The molecule has 4 nitrogen and oxygen atoms in total. The van der Waals surface area contributed by atoms with E-state index in [1.54, 1.807) is 6.20 Å². The minimum absolute atomic E-state index is 0.379. The first kappa shape index (κ1) is 12.6. The summed E-state index contributed by atoms with van der Waals surface area (Å²) in [6.07, 6.45) is 5.28. The van der Waals surface area contributed by atoms with Gasteiger partial charge in [-0.25, -0.2) is 4.98 Å². The van der Waals surface area contributed by atoms with Gasteiger partial charge in [-0.15, -0.1) is 0 Å². The van der Waals surface area contributed by atoms with E-state index in [9.17, 15) is 0 Å². The van der Waals surface area contributed by atoms with Crippen molar-refractivity contribution < 1.29 is 4.74 Å². The fourth-order valence-corrected chi connectivity index (χ4v) is 2.08. The van der Waals surface area contributed by atoms with Crippen LogP contribution in [0.15, 0.2) is 6.20 Å². The molecule has 0 aliphatic carbocycles. The van der Waals surface area contributed by atoms with Crippen LogP contribution in [0, 0.1) is 12.8 Å². The van der Waals surface area contributed by atoms with Gasteiger partial charge in [-0.2, -0.15) is 4.98 Å². The Balaban J connectivity index is 1.75. The lowest BCUT2D eigenvalue weighted by molar-refractivity contribution is 0.240. The van der Waals surface area contributed by atoms with E-state index in [0.717, 1.165) is 25.1 Å². The van der Waals surface area contributed by atoms with Gasteiger partial charge in [0, 0.05) is 11.8 Å². The normalized spacial score (nSPS) is 20.2. The Labute approximate surface area is 107 Å². The molecule has 1 N–H and O–H groups in total. The number of aryl methyl sites for hydroxylation is 1. The standard InChI is InChI=1S/C12H18ClN3O/c1-9-7-15-12(16-11(9)13)17-6-4-10-3-2-5-14-8-10/h7,10,14H,2-6,8H2,1H3/t10-/m0/s1. The highest BCUT2D eigenvalue weighted by atomic mass is 35.5. The summed E-state index contributed by atoms with van der Waals surface area (Å²) in [5.74, 6) is 0.713. The van der Waals surface area contributed by atoms with Gasteiger partial charge in [0.15, 0.2) is 0 Å². The zero-order chi connectivity index (χ0) is 12.1. The number of ether oxygens (including phenoxy) is 1. The quantitative estimate of drug-likeness (QED) is 0.838. The van der Waals surface area contributed by atoms with E-state index >= 15 is 0 Å². The Morgan fingerprint density at radius 1 is 1.59 bits per heavy atom. The molecule has 1 saturated heterocycles. The van der Waals surface area contributed by atoms with Crippen molar-refractivity contribution in [1.29, 1.82) is 0 Å². The third-order valence-corrected chi connectivity index (χ3v) is 3.43. The molecule has 2 heterocycles. The molecule has 0 aromatic carbocycles. The molecule has 1 aromatic rings. The van der Waals surface area contributed by atoms with Crippen LogP contribution in [0.3, 0.4) is 0 Å². The van der Waals surface area contributed by atoms with Crippen molar-refractivity contribution in [1.82, 2.24) is 15.3 Å². The summed E-state index contributed by atoms with van der Waals surface area (Å²) >= 11 is 5.90. The van der Waals surface area contributed by atoms with Crippen molar-refractivity contribution in [2.45, 2.75) is 26.2 Å². The van der Waals surface area contributed by atoms with Crippen molar-refractivity contribution in [3.8, 4) is 6.01 Å². The van der Waals surface area contributed by atoms with Crippen LogP contribution in [-0.4, -0.2) is 29.7 Å². The van der Waals surface area contributed by atoms with Gasteiger partial charge in [0.1, 0.15) is 5.15 Å². The fourth-order valence-electron chi connectivity index (χ4n) is 1.96. The number of halogens is 1. The second kappa shape index (κ2) is 6.17. The maximum Gasteiger partial charge on any atom is 0.317 e. The maximum absolute atomic E-state index is 5.90. The third kappa shape index (κ3) is 3.82. The number of nitrogens with one attached hydrogen (secondary N) is 1. The Morgan fingerprint density at radius 3 is 3.18 bits per heavy atom. The zero-order valence-electron chi connectivity index (χ0n) is 10.1. The first-order valence-corrected chi connectivity index (χ1v) is 6.46. The van der Waals surface area contributed by atoms with Gasteiger partial charge < -0.3 is 10.1 Å². The SMILES string of the molecule is Cc1cnc(OCC[C@@H]2CCCNC2)nc1Cl. The van der Waals surface area contributed by atoms with Crippen LogP contribution < -0.4 is 10.1 Å². The van der Waals surface area contributed by atoms with Crippen molar-refractivity contribution in [2.75, 3.05) is 19.7 Å². The van der Waals surface area contributed by atoms with Crippen LogP contribution in [0.25, 0.3) is 0 Å². The van der Waals surface area contributed by atoms with Crippen molar-refractivity contribution in [3.63, 3.8) is 0 Å². The van der Waals surface area contributed by atoms with Gasteiger partial charge in [-0.1, -0.05) is 11.6 Å².